The first-order valence-electron chi connectivity index (χ1n) is 8.47. The quantitative estimate of drug-likeness (QED) is 0.647. The molecule has 0 aliphatic heterocycles. The highest BCUT2D eigenvalue weighted by atomic mass is 16.4. The molecule has 0 radical (unpaired) electrons. The normalized spacial score (nSPS) is 16.2. The molecule has 0 bridgehead atoms. The molecule has 0 aromatic heterocycles. The van der Waals surface area contributed by atoms with E-state index >= 15 is 0 Å². The van der Waals surface area contributed by atoms with E-state index < -0.39 is 17.8 Å². The third-order valence-electron chi connectivity index (χ3n) is 4.78. The maximum Gasteiger partial charge on any atom is 0.307 e. The standard InChI is InChI=1S/C19H29NO4/c1-12(2)16(19(23)24)17(18(22)20-10-11-21)14(4)13(3)15-8-6-5-7-9-15/h5-9,12-14,16-17,21H,10-11H2,1-4H3,(H,20,22)(H,23,24)/t13-,14?,16?,17?/m1/s1. The van der Waals surface area contributed by atoms with Crippen molar-refractivity contribution in [1.29, 1.82) is 0 Å². The second kappa shape index (κ2) is 9.42. The third kappa shape index (κ3) is 5.06. The average molecular weight is 335 g/mol. The predicted octanol–water partition coefficient (Wildman–Crippen LogP) is 2.51. The Balaban J connectivity index is 3.15. The van der Waals surface area contributed by atoms with Crippen molar-refractivity contribution >= 4 is 11.9 Å². The van der Waals surface area contributed by atoms with Gasteiger partial charge >= 0.3 is 5.97 Å². The van der Waals surface area contributed by atoms with Crippen LogP contribution in [0.3, 0.4) is 0 Å². The first-order chi connectivity index (χ1) is 11.3. The van der Waals surface area contributed by atoms with E-state index in [0.717, 1.165) is 5.56 Å². The first-order valence-corrected chi connectivity index (χ1v) is 8.47. The first kappa shape index (κ1) is 20.2. The van der Waals surface area contributed by atoms with E-state index in [4.69, 9.17) is 5.11 Å². The zero-order valence-corrected chi connectivity index (χ0v) is 14.9. The summed E-state index contributed by atoms with van der Waals surface area (Å²) >= 11 is 0. The Kier molecular flexibility index (Phi) is 7.92. The largest absolute Gasteiger partial charge is 0.481 e. The van der Waals surface area contributed by atoms with Crippen LogP contribution in [0.2, 0.25) is 0 Å². The molecule has 0 fully saturated rings. The number of aliphatic hydroxyl groups excluding tert-OH is 1. The SMILES string of the molecule is CC(C)C(C(=O)O)C(C(=O)NCCO)C(C)[C@@H](C)c1ccccc1. The Bertz CT molecular complexity index is 529. The molecular formula is C19H29NO4. The van der Waals surface area contributed by atoms with Gasteiger partial charge in [0.05, 0.1) is 18.4 Å². The smallest absolute Gasteiger partial charge is 0.307 e. The molecule has 1 aromatic rings. The van der Waals surface area contributed by atoms with Crippen LogP contribution in [0.15, 0.2) is 30.3 Å². The Morgan fingerprint density at radius 1 is 1.04 bits per heavy atom. The number of aliphatic carboxylic acids is 1. The number of hydrogen-bond donors (Lipinski definition) is 3. The molecule has 3 unspecified atom stereocenters. The summed E-state index contributed by atoms with van der Waals surface area (Å²) in [6.45, 7) is 7.56. The number of carboxylic acids is 1. The fourth-order valence-corrected chi connectivity index (χ4v) is 3.25. The molecule has 0 aliphatic carbocycles. The summed E-state index contributed by atoms with van der Waals surface area (Å²) in [5.41, 5.74) is 1.08. The van der Waals surface area contributed by atoms with Gasteiger partial charge in [0.2, 0.25) is 5.91 Å². The third-order valence-corrected chi connectivity index (χ3v) is 4.78. The van der Waals surface area contributed by atoms with Crippen molar-refractivity contribution in [1.82, 2.24) is 5.32 Å². The number of amides is 1. The van der Waals surface area contributed by atoms with Crippen molar-refractivity contribution in [3.8, 4) is 0 Å². The van der Waals surface area contributed by atoms with Gasteiger partial charge in [-0.3, -0.25) is 9.59 Å². The van der Waals surface area contributed by atoms with Gasteiger partial charge < -0.3 is 15.5 Å². The fraction of sp³-hybridized carbons (Fsp3) is 0.579. The number of nitrogens with one attached hydrogen (secondary N) is 1. The molecule has 134 valence electrons. The minimum absolute atomic E-state index is 0.0386. The topological polar surface area (TPSA) is 86.6 Å². The van der Waals surface area contributed by atoms with Gasteiger partial charge in [0.15, 0.2) is 0 Å². The number of benzene rings is 1. The summed E-state index contributed by atoms with van der Waals surface area (Å²) in [7, 11) is 0. The fourth-order valence-electron chi connectivity index (χ4n) is 3.25. The minimum atomic E-state index is -0.957. The van der Waals surface area contributed by atoms with Crippen LogP contribution in [0.4, 0.5) is 0 Å². The number of carbonyl (C=O) groups excluding carboxylic acids is 1. The van der Waals surface area contributed by atoms with E-state index in [2.05, 4.69) is 5.32 Å². The molecule has 1 aromatic carbocycles. The lowest BCUT2D eigenvalue weighted by Crippen LogP contribution is -2.45. The van der Waals surface area contributed by atoms with Crippen molar-refractivity contribution in [2.24, 2.45) is 23.7 Å². The molecule has 0 spiro atoms. The van der Waals surface area contributed by atoms with Gasteiger partial charge in [0, 0.05) is 6.54 Å². The van der Waals surface area contributed by atoms with Crippen molar-refractivity contribution < 1.29 is 19.8 Å². The highest BCUT2D eigenvalue weighted by molar-refractivity contribution is 5.85. The highest BCUT2D eigenvalue weighted by Gasteiger charge is 2.41. The van der Waals surface area contributed by atoms with Crippen LogP contribution in [0, 0.1) is 23.7 Å². The molecule has 0 aliphatic rings. The molecule has 24 heavy (non-hydrogen) atoms. The van der Waals surface area contributed by atoms with Gasteiger partial charge in [-0.05, 0) is 23.3 Å². The van der Waals surface area contributed by atoms with Gasteiger partial charge in [-0.2, -0.15) is 0 Å². The lowest BCUT2D eigenvalue weighted by atomic mass is 9.70. The average Bonchev–Trinajstić information content (AvgIpc) is 2.56. The molecule has 0 saturated heterocycles. The Labute approximate surface area is 144 Å². The zero-order chi connectivity index (χ0) is 18.3. The van der Waals surface area contributed by atoms with Crippen LogP contribution in [0.1, 0.15) is 39.2 Å². The summed E-state index contributed by atoms with van der Waals surface area (Å²) in [6, 6.07) is 9.80. The Hall–Kier alpha value is -1.88. The van der Waals surface area contributed by atoms with Gasteiger partial charge in [-0.15, -0.1) is 0 Å². The van der Waals surface area contributed by atoms with Gasteiger partial charge in [-0.1, -0.05) is 58.0 Å². The molecule has 1 amide bonds. The number of rotatable bonds is 9. The molecule has 3 N–H and O–H groups in total. The van der Waals surface area contributed by atoms with E-state index in [1.807, 2.05) is 58.0 Å². The van der Waals surface area contributed by atoms with Crippen LogP contribution in [-0.4, -0.2) is 35.2 Å². The molecule has 4 atom stereocenters. The van der Waals surface area contributed by atoms with Crippen LogP contribution in [0.25, 0.3) is 0 Å². The van der Waals surface area contributed by atoms with Gasteiger partial charge in [0.25, 0.3) is 0 Å². The van der Waals surface area contributed by atoms with Crippen LogP contribution in [0.5, 0.6) is 0 Å². The number of carbonyl (C=O) groups is 2. The predicted molar refractivity (Wildman–Crippen MR) is 93.6 cm³/mol. The maximum atomic E-state index is 12.6. The van der Waals surface area contributed by atoms with Gasteiger partial charge in [-0.25, -0.2) is 0 Å². The monoisotopic (exact) mass is 335 g/mol. The molecule has 5 nitrogen and oxygen atoms in total. The molecular weight excluding hydrogens is 306 g/mol. The van der Waals surface area contributed by atoms with E-state index in [0.29, 0.717) is 0 Å². The lowest BCUT2D eigenvalue weighted by molar-refractivity contribution is -0.151. The van der Waals surface area contributed by atoms with E-state index in [-0.39, 0.29) is 36.8 Å². The number of carboxylic acid groups (broad SMARTS) is 1. The van der Waals surface area contributed by atoms with E-state index in [1.165, 1.54) is 0 Å². The zero-order valence-electron chi connectivity index (χ0n) is 14.9. The summed E-state index contributed by atoms with van der Waals surface area (Å²) in [5, 5.41) is 21.3. The van der Waals surface area contributed by atoms with Crippen molar-refractivity contribution in [2.75, 3.05) is 13.2 Å². The van der Waals surface area contributed by atoms with Crippen LogP contribution in [-0.2, 0) is 9.59 Å². The van der Waals surface area contributed by atoms with Crippen molar-refractivity contribution in [3.63, 3.8) is 0 Å². The summed E-state index contributed by atoms with van der Waals surface area (Å²) in [6.07, 6.45) is 0. The number of hydrogen-bond acceptors (Lipinski definition) is 3. The summed E-state index contributed by atoms with van der Waals surface area (Å²) in [4.78, 5) is 24.4. The second-order valence-corrected chi connectivity index (χ2v) is 6.71. The molecule has 5 heteroatoms. The summed E-state index contributed by atoms with van der Waals surface area (Å²) < 4.78 is 0. The van der Waals surface area contributed by atoms with Crippen LogP contribution < -0.4 is 5.32 Å². The molecule has 0 heterocycles. The Morgan fingerprint density at radius 3 is 2.08 bits per heavy atom. The minimum Gasteiger partial charge on any atom is -0.481 e. The summed E-state index contributed by atoms with van der Waals surface area (Å²) in [5.74, 6) is -2.99. The number of aliphatic hydroxyl groups is 1. The molecule has 1 rings (SSSR count). The second-order valence-electron chi connectivity index (χ2n) is 6.71. The van der Waals surface area contributed by atoms with E-state index in [9.17, 15) is 14.7 Å². The lowest BCUT2D eigenvalue weighted by Gasteiger charge is -2.34. The van der Waals surface area contributed by atoms with Crippen LogP contribution >= 0.6 is 0 Å². The maximum absolute atomic E-state index is 12.6. The highest BCUT2D eigenvalue weighted by Crippen LogP contribution is 2.36. The Morgan fingerprint density at radius 2 is 1.62 bits per heavy atom. The van der Waals surface area contributed by atoms with Crippen molar-refractivity contribution in [3.05, 3.63) is 35.9 Å². The molecule has 0 saturated carbocycles. The van der Waals surface area contributed by atoms with Gasteiger partial charge in [0.1, 0.15) is 0 Å². The van der Waals surface area contributed by atoms with E-state index in [1.54, 1.807) is 0 Å². The van der Waals surface area contributed by atoms with Crippen molar-refractivity contribution in [2.45, 2.75) is 33.6 Å².